The first-order valence-corrected chi connectivity index (χ1v) is 6.98. The van der Waals surface area contributed by atoms with Gasteiger partial charge >= 0.3 is 6.03 Å². The Morgan fingerprint density at radius 2 is 1.82 bits per heavy atom. The molecular formula is C13H23N3O. The second-order valence-electron chi connectivity index (χ2n) is 6.06. The lowest BCUT2D eigenvalue weighted by Crippen LogP contribution is -2.47. The summed E-state index contributed by atoms with van der Waals surface area (Å²) in [6.45, 7) is 8.33. The third kappa shape index (κ3) is 2.15. The van der Waals surface area contributed by atoms with E-state index < -0.39 is 0 Å². The smallest absolute Gasteiger partial charge is 0.320 e. The number of nitrogens with one attached hydrogen (secondary N) is 1. The highest BCUT2D eigenvalue weighted by molar-refractivity contribution is 5.75. The number of carbonyl (C=O) groups excluding carboxylic acids is 1. The van der Waals surface area contributed by atoms with Crippen molar-refractivity contribution in [3.63, 3.8) is 0 Å². The van der Waals surface area contributed by atoms with Crippen LogP contribution in [-0.2, 0) is 0 Å². The van der Waals surface area contributed by atoms with Crippen molar-refractivity contribution >= 4 is 6.03 Å². The SMILES string of the molecule is CC1CCCN(C(=O)N2CC3CNCC3C2)C1. The van der Waals surface area contributed by atoms with Gasteiger partial charge in [0.05, 0.1) is 0 Å². The van der Waals surface area contributed by atoms with Gasteiger partial charge in [-0.05, 0) is 30.6 Å². The zero-order chi connectivity index (χ0) is 11.8. The van der Waals surface area contributed by atoms with E-state index in [1.807, 2.05) is 0 Å². The molecule has 4 heteroatoms. The Kier molecular flexibility index (Phi) is 2.99. The molecule has 1 N–H and O–H groups in total. The van der Waals surface area contributed by atoms with E-state index in [1.165, 1.54) is 12.8 Å². The van der Waals surface area contributed by atoms with Gasteiger partial charge in [-0.1, -0.05) is 6.92 Å². The van der Waals surface area contributed by atoms with E-state index >= 15 is 0 Å². The molecule has 2 amide bonds. The van der Waals surface area contributed by atoms with Gasteiger partial charge in [0.25, 0.3) is 0 Å². The largest absolute Gasteiger partial charge is 0.324 e. The van der Waals surface area contributed by atoms with Crippen molar-refractivity contribution in [3.8, 4) is 0 Å². The number of rotatable bonds is 0. The monoisotopic (exact) mass is 237 g/mol. The molecule has 3 fully saturated rings. The lowest BCUT2D eigenvalue weighted by Gasteiger charge is -2.34. The zero-order valence-electron chi connectivity index (χ0n) is 10.7. The van der Waals surface area contributed by atoms with Gasteiger partial charge < -0.3 is 15.1 Å². The molecule has 0 bridgehead atoms. The Bertz CT molecular complexity index is 295. The number of hydrogen-bond acceptors (Lipinski definition) is 2. The third-order valence-electron chi connectivity index (χ3n) is 4.59. The van der Waals surface area contributed by atoms with Crippen molar-refractivity contribution in [2.45, 2.75) is 19.8 Å². The summed E-state index contributed by atoms with van der Waals surface area (Å²) in [5, 5.41) is 3.42. The molecule has 96 valence electrons. The molecule has 3 rings (SSSR count). The van der Waals surface area contributed by atoms with Gasteiger partial charge in [-0.25, -0.2) is 4.79 Å². The molecule has 17 heavy (non-hydrogen) atoms. The number of piperidine rings is 1. The van der Waals surface area contributed by atoms with Crippen LogP contribution < -0.4 is 5.32 Å². The molecule has 4 nitrogen and oxygen atoms in total. The molecule has 0 aliphatic carbocycles. The van der Waals surface area contributed by atoms with Crippen LogP contribution >= 0.6 is 0 Å². The minimum Gasteiger partial charge on any atom is -0.324 e. The normalized spacial score (nSPS) is 37.4. The maximum absolute atomic E-state index is 12.4. The Labute approximate surface area is 103 Å². The van der Waals surface area contributed by atoms with E-state index in [9.17, 15) is 4.79 Å². The van der Waals surface area contributed by atoms with Crippen molar-refractivity contribution in [1.29, 1.82) is 0 Å². The summed E-state index contributed by atoms with van der Waals surface area (Å²) in [4.78, 5) is 16.6. The quantitative estimate of drug-likeness (QED) is 0.682. The summed E-state index contributed by atoms with van der Waals surface area (Å²) in [6, 6.07) is 0.297. The number of hydrogen-bond donors (Lipinski definition) is 1. The highest BCUT2D eigenvalue weighted by Crippen LogP contribution is 2.28. The van der Waals surface area contributed by atoms with Crippen LogP contribution in [0, 0.1) is 17.8 Å². The second kappa shape index (κ2) is 4.48. The van der Waals surface area contributed by atoms with Crippen molar-refractivity contribution < 1.29 is 4.79 Å². The molecule has 0 aromatic heterocycles. The highest BCUT2D eigenvalue weighted by atomic mass is 16.2. The van der Waals surface area contributed by atoms with Gasteiger partial charge in [0.1, 0.15) is 0 Å². The molecule has 0 spiro atoms. The Morgan fingerprint density at radius 1 is 1.12 bits per heavy atom. The fourth-order valence-corrected chi connectivity index (χ4v) is 3.57. The van der Waals surface area contributed by atoms with Crippen LogP contribution in [0.1, 0.15) is 19.8 Å². The first kappa shape index (κ1) is 11.3. The van der Waals surface area contributed by atoms with Crippen molar-refractivity contribution in [1.82, 2.24) is 15.1 Å². The molecule has 3 saturated heterocycles. The topological polar surface area (TPSA) is 35.6 Å². The van der Waals surface area contributed by atoms with Gasteiger partial charge in [-0.3, -0.25) is 0 Å². The molecule has 0 aromatic carbocycles. The van der Waals surface area contributed by atoms with E-state index in [4.69, 9.17) is 0 Å². The zero-order valence-corrected chi connectivity index (χ0v) is 10.7. The van der Waals surface area contributed by atoms with Crippen molar-refractivity contribution in [3.05, 3.63) is 0 Å². The molecule has 3 heterocycles. The van der Waals surface area contributed by atoms with Crippen LogP contribution in [0.15, 0.2) is 0 Å². The number of fused-ring (bicyclic) bond motifs is 1. The van der Waals surface area contributed by atoms with E-state index in [1.54, 1.807) is 0 Å². The van der Waals surface area contributed by atoms with Crippen molar-refractivity contribution in [2.75, 3.05) is 39.3 Å². The van der Waals surface area contributed by atoms with E-state index in [0.717, 1.165) is 39.3 Å². The van der Waals surface area contributed by atoms with Gasteiger partial charge in [-0.2, -0.15) is 0 Å². The van der Waals surface area contributed by atoms with Gasteiger partial charge in [0.15, 0.2) is 0 Å². The van der Waals surface area contributed by atoms with Gasteiger partial charge in [0, 0.05) is 39.3 Å². The van der Waals surface area contributed by atoms with Crippen LogP contribution in [-0.4, -0.2) is 55.1 Å². The summed E-state index contributed by atoms with van der Waals surface area (Å²) >= 11 is 0. The summed E-state index contributed by atoms with van der Waals surface area (Å²) in [6.07, 6.45) is 2.45. The molecule has 3 unspecified atom stereocenters. The van der Waals surface area contributed by atoms with Gasteiger partial charge in [-0.15, -0.1) is 0 Å². The molecule has 3 aliphatic rings. The van der Waals surface area contributed by atoms with Crippen LogP contribution in [0.5, 0.6) is 0 Å². The predicted octanol–water partition coefficient (Wildman–Crippen LogP) is 0.990. The third-order valence-corrected chi connectivity index (χ3v) is 4.59. The van der Waals surface area contributed by atoms with Crippen molar-refractivity contribution in [2.24, 2.45) is 17.8 Å². The first-order chi connectivity index (χ1) is 8.24. The van der Waals surface area contributed by atoms with Crippen LogP contribution in [0.25, 0.3) is 0 Å². The second-order valence-corrected chi connectivity index (χ2v) is 6.06. The molecule has 3 atom stereocenters. The van der Waals surface area contributed by atoms with Crippen LogP contribution in [0.2, 0.25) is 0 Å². The first-order valence-electron chi connectivity index (χ1n) is 6.98. The average molecular weight is 237 g/mol. The molecule has 0 aromatic rings. The lowest BCUT2D eigenvalue weighted by molar-refractivity contribution is 0.136. The number of carbonyl (C=O) groups is 1. The van der Waals surface area contributed by atoms with E-state index in [2.05, 4.69) is 22.0 Å². The van der Waals surface area contributed by atoms with E-state index in [-0.39, 0.29) is 0 Å². The summed E-state index contributed by atoms with van der Waals surface area (Å²) in [5.41, 5.74) is 0. The number of likely N-dealkylation sites (tertiary alicyclic amines) is 2. The molecule has 3 aliphatic heterocycles. The van der Waals surface area contributed by atoms with E-state index in [0.29, 0.717) is 23.8 Å². The molecule has 0 radical (unpaired) electrons. The van der Waals surface area contributed by atoms with Crippen LogP contribution in [0.4, 0.5) is 4.79 Å². The fourth-order valence-electron chi connectivity index (χ4n) is 3.57. The maximum atomic E-state index is 12.4. The Morgan fingerprint density at radius 3 is 2.47 bits per heavy atom. The Balaban J connectivity index is 1.59. The molecule has 0 saturated carbocycles. The number of urea groups is 1. The standard InChI is InChI=1S/C13H23N3O/c1-10-3-2-4-15(7-10)13(17)16-8-11-5-14-6-12(11)9-16/h10-12,14H,2-9H2,1H3. The lowest BCUT2D eigenvalue weighted by atomic mass is 10.0. The number of amides is 2. The summed E-state index contributed by atoms with van der Waals surface area (Å²) in [7, 11) is 0. The predicted molar refractivity (Wildman–Crippen MR) is 66.8 cm³/mol. The minimum absolute atomic E-state index is 0.297. The minimum atomic E-state index is 0.297. The summed E-state index contributed by atoms with van der Waals surface area (Å²) in [5.74, 6) is 2.10. The summed E-state index contributed by atoms with van der Waals surface area (Å²) < 4.78 is 0. The highest BCUT2D eigenvalue weighted by Gasteiger charge is 2.39. The van der Waals surface area contributed by atoms with Gasteiger partial charge in [0.2, 0.25) is 0 Å². The maximum Gasteiger partial charge on any atom is 0.320 e. The molecular weight excluding hydrogens is 214 g/mol. The number of nitrogens with zero attached hydrogens (tertiary/aromatic N) is 2. The average Bonchev–Trinajstić information content (AvgIpc) is 2.88. The Hall–Kier alpha value is -0.770. The van der Waals surface area contributed by atoms with Crippen LogP contribution in [0.3, 0.4) is 0 Å². The fraction of sp³-hybridized carbons (Fsp3) is 0.923.